The van der Waals surface area contributed by atoms with Gasteiger partial charge in [-0.25, -0.2) is 0 Å². The molecule has 3 aromatic rings. The van der Waals surface area contributed by atoms with Crippen molar-refractivity contribution in [3.8, 4) is 0 Å². The molecule has 1 aromatic heterocycles. The molecule has 27 heavy (non-hydrogen) atoms. The molecule has 2 aliphatic rings. The van der Waals surface area contributed by atoms with Crippen LogP contribution in [0.3, 0.4) is 0 Å². The molecule has 0 bridgehead atoms. The van der Waals surface area contributed by atoms with Gasteiger partial charge in [-0.05, 0) is 56.2 Å². The second-order valence-corrected chi connectivity index (χ2v) is 8.20. The van der Waals surface area contributed by atoms with Crippen LogP contribution < -0.4 is 0 Å². The predicted molar refractivity (Wildman–Crippen MR) is 106 cm³/mol. The highest BCUT2D eigenvalue weighted by molar-refractivity contribution is 5.95. The second kappa shape index (κ2) is 5.69. The van der Waals surface area contributed by atoms with Gasteiger partial charge in [0.25, 0.3) is 0 Å². The van der Waals surface area contributed by atoms with E-state index in [2.05, 4.69) is 60.7 Å². The van der Waals surface area contributed by atoms with Crippen molar-refractivity contribution in [1.82, 2.24) is 0 Å². The summed E-state index contributed by atoms with van der Waals surface area (Å²) < 4.78 is 6.28. The van der Waals surface area contributed by atoms with Crippen molar-refractivity contribution < 1.29 is 9.21 Å². The van der Waals surface area contributed by atoms with Crippen LogP contribution in [0.15, 0.2) is 71.1 Å². The molecule has 0 radical (unpaired) electrons. The molecule has 2 aromatic carbocycles. The molecule has 2 aliphatic carbocycles. The Morgan fingerprint density at radius 2 is 1.52 bits per heavy atom. The Balaban J connectivity index is 1.74. The number of hydrogen-bond donors (Lipinski definition) is 0. The minimum absolute atomic E-state index is 0.0475. The number of aryl methyl sites for hydroxylation is 1. The van der Waals surface area contributed by atoms with Crippen molar-refractivity contribution in [3.63, 3.8) is 0 Å². The van der Waals surface area contributed by atoms with Crippen LogP contribution in [-0.4, -0.2) is 5.78 Å². The molecular weight excluding hydrogens is 332 g/mol. The van der Waals surface area contributed by atoms with E-state index < -0.39 is 0 Å². The van der Waals surface area contributed by atoms with Gasteiger partial charge in [-0.2, -0.15) is 0 Å². The van der Waals surface area contributed by atoms with E-state index in [9.17, 15) is 4.79 Å². The molecule has 1 atom stereocenters. The molecule has 2 saturated carbocycles. The van der Waals surface area contributed by atoms with Crippen LogP contribution in [0.25, 0.3) is 0 Å². The topological polar surface area (TPSA) is 30.2 Å². The standard InChI is InChI=1S/C25H24O2/c1-17(26)22-15-23(27-18(22)2)25(21-13-14-21)16-24(25,19-9-5-3-6-10-19)20-11-7-4-8-12-20/h3-12,15,21H,13-14,16H2,1-2H3/t25-/m1/s1. The highest BCUT2D eigenvalue weighted by Gasteiger charge is 2.76. The number of carbonyl (C=O) groups excluding carboxylic acids is 1. The number of ketones is 1. The zero-order chi connectivity index (χ0) is 18.6. The lowest BCUT2D eigenvalue weighted by Gasteiger charge is -2.26. The van der Waals surface area contributed by atoms with Crippen LogP contribution in [0, 0.1) is 12.8 Å². The Morgan fingerprint density at radius 3 is 1.96 bits per heavy atom. The first-order chi connectivity index (χ1) is 13.1. The second-order valence-electron chi connectivity index (χ2n) is 8.20. The average molecular weight is 356 g/mol. The van der Waals surface area contributed by atoms with Crippen molar-refractivity contribution in [2.75, 3.05) is 0 Å². The van der Waals surface area contributed by atoms with Crippen molar-refractivity contribution >= 4 is 5.78 Å². The largest absolute Gasteiger partial charge is 0.465 e. The molecule has 0 amide bonds. The number of Topliss-reactive ketones (excluding diaryl/α,β-unsaturated/α-hetero) is 1. The van der Waals surface area contributed by atoms with Crippen LogP contribution in [0.4, 0.5) is 0 Å². The van der Waals surface area contributed by atoms with Gasteiger partial charge in [0.05, 0.1) is 5.56 Å². The highest BCUT2D eigenvalue weighted by atomic mass is 16.3. The van der Waals surface area contributed by atoms with Crippen LogP contribution >= 0.6 is 0 Å². The Morgan fingerprint density at radius 1 is 0.963 bits per heavy atom. The molecule has 5 rings (SSSR count). The van der Waals surface area contributed by atoms with Crippen LogP contribution in [0.2, 0.25) is 0 Å². The fraction of sp³-hybridized carbons (Fsp3) is 0.320. The van der Waals surface area contributed by atoms with Gasteiger partial charge in [0.1, 0.15) is 11.5 Å². The quantitative estimate of drug-likeness (QED) is 0.539. The van der Waals surface area contributed by atoms with Crippen LogP contribution in [-0.2, 0) is 10.8 Å². The molecule has 0 N–H and O–H groups in total. The smallest absolute Gasteiger partial charge is 0.163 e. The first-order valence-corrected chi connectivity index (χ1v) is 9.82. The van der Waals surface area contributed by atoms with Gasteiger partial charge in [-0.3, -0.25) is 4.79 Å². The fourth-order valence-electron chi connectivity index (χ4n) is 5.32. The van der Waals surface area contributed by atoms with Crippen molar-refractivity contribution in [2.45, 2.75) is 43.9 Å². The molecule has 1 heterocycles. The number of furan rings is 1. The first-order valence-electron chi connectivity index (χ1n) is 9.82. The molecule has 2 fully saturated rings. The highest BCUT2D eigenvalue weighted by Crippen LogP contribution is 2.76. The van der Waals surface area contributed by atoms with Gasteiger partial charge in [-0.15, -0.1) is 0 Å². The van der Waals surface area contributed by atoms with E-state index in [4.69, 9.17) is 4.42 Å². The summed E-state index contributed by atoms with van der Waals surface area (Å²) in [6, 6.07) is 23.7. The summed E-state index contributed by atoms with van der Waals surface area (Å²) in [5.41, 5.74) is 3.30. The van der Waals surface area contributed by atoms with Crippen molar-refractivity contribution in [2.24, 2.45) is 5.92 Å². The number of rotatable bonds is 5. The summed E-state index contributed by atoms with van der Waals surface area (Å²) in [5, 5.41) is 0. The molecule has 2 nitrogen and oxygen atoms in total. The molecule has 0 unspecified atom stereocenters. The van der Waals surface area contributed by atoms with E-state index in [0.29, 0.717) is 5.92 Å². The molecule has 0 spiro atoms. The Kier molecular flexibility index (Phi) is 3.49. The van der Waals surface area contributed by atoms with E-state index in [-0.39, 0.29) is 16.6 Å². The van der Waals surface area contributed by atoms with E-state index in [1.807, 2.05) is 13.0 Å². The minimum Gasteiger partial charge on any atom is -0.465 e. The van der Waals surface area contributed by atoms with Gasteiger partial charge in [0, 0.05) is 10.8 Å². The summed E-state index contributed by atoms with van der Waals surface area (Å²) in [6.45, 7) is 3.54. The van der Waals surface area contributed by atoms with E-state index in [1.165, 1.54) is 24.0 Å². The zero-order valence-corrected chi connectivity index (χ0v) is 15.9. The third-order valence-corrected chi connectivity index (χ3v) is 6.72. The van der Waals surface area contributed by atoms with Gasteiger partial charge in [-0.1, -0.05) is 60.7 Å². The lowest BCUT2D eigenvalue weighted by Crippen LogP contribution is -2.25. The maximum absolute atomic E-state index is 12.1. The maximum Gasteiger partial charge on any atom is 0.163 e. The lowest BCUT2D eigenvalue weighted by molar-refractivity contribution is 0.101. The Hall–Kier alpha value is -2.61. The van der Waals surface area contributed by atoms with E-state index in [0.717, 1.165) is 23.5 Å². The van der Waals surface area contributed by atoms with Gasteiger partial charge >= 0.3 is 0 Å². The number of carbonyl (C=O) groups is 1. The Bertz CT molecular complexity index is 956. The zero-order valence-electron chi connectivity index (χ0n) is 15.9. The summed E-state index contributed by atoms with van der Waals surface area (Å²) in [5.74, 6) is 2.45. The molecule has 136 valence electrons. The predicted octanol–water partition coefficient (Wildman–Crippen LogP) is 5.83. The molecule has 2 heteroatoms. The van der Waals surface area contributed by atoms with E-state index in [1.54, 1.807) is 6.92 Å². The summed E-state index contributed by atoms with van der Waals surface area (Å²) in [6.07, 6.45) is 3.51. The average Bonchev–Trinajstić information content (AvgIpc) is 3.59. The normalized spacial score (nSPS) is 23.2. The fourth-order valence-corrected chi connectivity index (χ4v) is 5.32. The van der Waals surface area contributed by atoms with Crippen molar-refractivity contribution in [3.05, 3.63) is 94.9 Å². The van der Waals surface area contributed by atoms with Gasteiger partial charge < -0.3 is 4.42 Å². The van der Waals surface area contributed by atoms with Gasteiger partial charge in [0.15, 0.2) is 5.78 Å². The van der Waals surface area contributed by atoms with Gasteiger partial charge in [0.2, 0.25) is 0 Å². The number of hydrogen-bond acceptors (Lipinski definition) is 2. The maximum atomic E-state index is 12.1. The molecular formula is C25H24O2. The third-order valence-electron chi connectivity index (χ3n) is 6.72. The summed E-state index contributed by atoms with van der Waals surface area (Å²) >= 11 is 0. The summed E-state index contributed by atoms with van der Waals surface area (Å²) in [7, 11) is 0. The SMILES string of the molecule is CC(=O)c1cc([C@]2(C3CC3)CC2(c2ccccc2)c2ccccc2)oc1C. The minimum atomic E-state index is -0.0744. The third kappa shape index (κ3) is 2.22. The Labute approximate surface area is 160 Å². The lowest BCUT2D eigenvalue weighted by atomic mass is 9.76. The van der Waals surface area contributed by atoms with Crippen molar-refractivity contribution in [1.29, 1.82) is 0 Å². The molecule has 0 aliphatic heterocycles. The van der Waals surface area contributed by atoms with Crippen LogP contribution in [0.5, 0.6) is 0 Å². The monoisotopic (exact) mass is 356 g/mol. The molecule has 0 saturated heterocycles. The van der Waals surface area contributed by atoms with E-state index >= 15 is 0 Å². The van der Waals surface area contributed by atoms with Crippen LogP contribution in [0.1, 0.15) is 59.2 Å². The number of benzene rings is 2. The first kappa shape index (κ1) is 16.6. The summed E-state index contributed by atoms with van der Waals surface area (Å²) in [4.78, 5) is 12.1.